The molecule has 4 rings (SSSR count). The average molecular weight is 473 g/mol. The third-order valence-electron chi connectivity index (χ3n) is 5.71. The second-order valence-corrected chi connectivity index (χ2v) is 8.76. The summed E-state index contributed by atoms with van der Waals surface area (Å²) in [5.41, 5.74) is 1.71. The molecule has 0 saturated carbocycles. The van der Waals surface area contributed by atoms with Crippen LogP contribution in [0.15, 0.2) is 78.5 Å². The third-order valence-corrected chi connectivity index (χ3v) is 5.71. The molecule has 0 spiro atoms. The first-order valence-corrected chi connectivity index (χ1v) is 11.4. The number of ether oxygens (including phenoxy) is 2. The Morgan fingerprint density at radius 1 is 1.03 bits per heavy atom. The summed E-state index contributed by atoms with van der Waals surface area (Å²) >= 11 is 0. The fourth-order valence-corrected chi connectivity index (χ4v) is 3.98. The lowest BCUT2D eigenvalue weighted by molar-refractivity contribution is -0.140. The number of carbonyl (C=O) groups excluding carboxylic acids is 2. The monoisotopic (exact) mass is 472 g/mol. The Hall–Kier alpha value is -4.13. The molecular formula is C28H28N2O5. The molecule has 1 atom stereocenters. The minimum atomic E-state index is -0.834. The van der Waals surface area contributed by atoms with Crippen LogP contribution in [0.25, 0.3) is 5.76 Å². The zero-order chi connectivity index (χ0) is 24.9. The van der Waals surface area contributed by atoms with Crippen LogP contribution in [0.1, 0.15) is 36.7 Å². The van der Waals surface area contributed by atoms with E-state index in [-0.39, 0.29) is 17.9 Å². The molecule has 0 aliphatic carbocycles. The van der Waals surface area contributed by atoms with E-state index >= 15 is 0 Å². The van der Waals surface area contributed by atoms with Gasteiger partial charge in [-0.3, -0.25) is 14.6 Å². The topological polar surface area (TPSA) is 89.0 Å². The highest BCUT2D eigenvalue weighted by Crippen LogP contribution is 2.39. The Balaban J connectivity index is 1.74. The molecule has 1 fully saturated rings. The number of ketones is 1. The van der Waals surface area contributed by atoms with Gasteiger partial charge in [0, 0.05) is 18.3 Å². The quantitative estimate of drug-likeness (QED) is 0.289. The van der Waals surface area contributed by atoms with Crippen molar-refractivity contribution in [3.63, 3.8) is 0 Å². The standard InChI is InChI=1S/C28H28N2O5/c1-18(2)17-35-21-12-10-20(11-13-21)26(31)24-25(23-9-4-5-14-29-23)30(28(33)27(24)32)16-19-7-6-8-22(15-19)34-3/h4-15,18,25,31H,16-17H2,1-3H3/b26-24-. The number of hydrogen-bond acceptors (Lipinski definition) is 6. The number of benzene rings is 2. The average Bonchev–Trinajstić information content (AvgIpc) is 3.13. The van der Waals surface area contributed by atoms with Crippen LogP contribution in [-0.2, 0) is 16.1 Å². The predicted molar refractivity (Wildman–Crippen MR) is 132 cm³/mol. The maximum atomic E-state index is 13.2. The molecule has 1 unspecified atom stereocenters. The third kappa shape index (κ3) is 5.19. The Morgan fingerprint density at radius 2 is 1.80 bits per heavy atom. The minimum Gasteiger partial charge on any atom is -0.507 e. The Bertz CT molecular complexity index is 1240. The molecule has 1 aliphatic rings. The smallest absolute Gasteiger partial charge is 0.296 e. The van der Waals surface area contributed by atoms with Gasteiger partial charge in [-0.25, -0.2) is 0 Å². The second kappa shape index (κ2) is 10.4. The molecule has 0 bridgehead atoms. The van der Waals surface area contributed by atoms with Crippen LogP contribution < -0.4 is 9.47 Å². The van der Waals surface area contributed by atoms with Gasteiger partial charge < -0.3 is 19.5 Å². The molecule has 0 radical (unpaired) electrons. The van der Waals surface area contributed by atoms with Gasteiger partial charge in [0.1, 0.15) is 23.3 Å². The number of nitrogens with zero attached hydrogens (tertiary/aromatic N) is 2. The summed E-state index contributed by atoms with van der Waals surface area (Å²) in [7, 11) is 1.57. The molecule has 7 heteroatoms. The summed E-state index contributed by atoms with van der Waals surface area (Å²) in [4.78, 5) is 32.2. The van der Waals surface area contributed by atoms with E-state index in [2.05, 4.69) is 18.8 Å². The zero-order valence-corrected chi connectivity index (χ0v) is 20.0. The van der Waals surface area contributed by atoms with Crippen LogP contribution in [-0.4, -0.2) is 40.4 Å². The van der Waals surface area contributed by atoms with Crippen molar-refractivity contribution in [3.8, 4) is 11.5 Å². The fourth-order valence-electron chi connectivity index (χ4n) is 3.98. The van der Waals surface area contributed by atoms with E-state index in [1.54, 1.807) is 55.8 Å². The number of pyridine rings is 1. The van der Waals surface area contributed by atoms with E-state index in [1.807, 2.05) is 24.3 Å². The lowest BCUT2D eigenvalue weighted by atomic mass is 9.98. The van der Waals surface area contributed by atoms with E-state index in [9.17, 15) is 14.7 Å². The van der Waals surface area contributed by atoms with Crippen molar-refractivity contribution < 1.29 is 24.2 Å². The molecule has 1 N–H and O–H groups in total. The van der Waals surface area contributed by atoms with Crippen molar-refractivity contribution in [2.75, 3.05) is 13.7 Å². The highest BCUT2D eigenvalue weighted by Gasteiger charge is 2.46. The van der Waals surface area contributed by atoms with E-state index in [0.29, 0.717) is 35.3 Å². The van der Waals surface area contributed by atoms with Crippen molar-refractivity contribution in [1.82, 2.24) is 9.88 Å². The van der Waals surface area contributed by atoms with E-state index in [1.165, 1.54) is 4.90 Å². The molecule has 1 amide bonds. The number of amides is 1. The Morgan fingerprint density at radius 3 is 2.46 bits per heavy atom. The SMILES string of the molecule is COc1cccc(CN2C(=O)C(=O)/C(=C(\O)c3ccc(OCC(C)C)cc3)C2c2ccccn2)c1. The maximum Gasteiger partial charge on any atom is 0.296 e. The lowest BCUT2D eigenvalue weighted by Crippen LogP contribution is -2.29. The number of aliphatic hydroxyl groups is 1. The number of Topliss-reactive ketones (excluding diaryl/α,β-unsaturated/α-hetero) is 1. The van der Waals surface area contributed by atoms with Crippen molar-refractivity contribution in [2.45, 2.75) is 26.4 Å². The summed E-state index contributed by atoms with van der Waals surface area (Å²) in [5.74, 6) is -0.00378. The van der Waals surface area contributed by atoms with Crippen LogP contribution in [0, 0.1) is 5.92 Å². The molecule has 1 aliphatic heterocycles. The number of rotatable bonds is 8. The predicted octanol–water partition coefficient (Wildman–Crippen LogP) is 4.75. The first-order valence-electron chi connectivity index (χ1n) is 11.4. The van der Waals surface area contributed by atoms with Gasteiger partial charge in [0.05, 0.1) is 25.0 Å². The number of likely N-dealkylation sites (tertiary alicyclic amines) is 1. The summed E-state index contributed by atoms with van der Waals surface area (Å²) in [5, 5.41) is 11.2. The molecule has 2 heterocycles. The Labute approximate surface area is 204 Å². The summed E-state index contributed by atoms with van der Waals surface area (Å²) in [6.07, 6.45) is 1.60. The normalized spacial score (nSPS) is 17.1. The molecule has 180 valence electrons. The first kappa shape index (κ1) is 24.0. The summed E-state index contributed by atoms with van der Waals surface area (Å²) in [6, 6.07) is 18.6. The van der Waals surface area contributed by atoms with E-state index in [0.717, 1.165) is 5.56 Å². The van der Waals surface area contributed by atoms with E-state index < -0.39 is 17.7 Å². The molecule has 35 heavy (non-hydrogen) atoms. The number of hydrogen-bond donors (Lipinski definition) is 1. The van der Waals surface area contributed by atoms with Crippen molar-refractivity contribution in [3.05, 3.63) is 95.3 Å². The fraction of sp³-hybridized carbons (Fsp3) is 0.250. The van der Waals surface area contributed by atoms with Crippen molar-refractivity contribution in [1.29, 1.82) is 0 Å². The number of aliphatic hydroxyl groups excluding tert-OH is 1. The van der Waals surface area contributed by atoms with Gasteiger partial charge in [-0.15, -0.1) is 0 Å². The van der Waals surface area contributed by atoms with Crippen LogP contribution in [0.3, 0.4) is 0 Å². The largest absolute Gasteiger partial charge is 0.507 e. The summed E-state index contributed by atoms with van der Waals surface area (Å²) < 4.78 is 11.0. The molecule has 7 nitrogen and oxygen atoms in total. The molecule has 1 aromatic heterocycles. The van der Waals surface area contributed by atoms with Gasteiger partial charge in [-0.2, -0.15) is 0 Å². The maximum absolute atomic E-state index is 13.2. The van der Waals surface area contributed by atoms with Gasteiger partial charge in [-0.1, -0.05) is 32.0 Å². The van der Waals surface area contributed by atoms with Crippen LogP contribution in [0.2, 0.25) is 0 Å². The van der Waals surface area contributed by atoms with Gasteiger partial charge in [0.15, 0.2) is 0 Å². The molecule has 1 saturated heterocycles. The van der Waals surface area contributed by atoms with E-state index in [4.69, 9.17) is 9.47 Å². The molecule has 3 aromatic rings. The minimum absolute atomic E-state index is 0.00689. The molecule has 2 aromatic carbocycles. The lowest BCUT2D eigenvalue weighted by Gasteiger charge is -2.24. The van der Waals surface area contributed by atoms with Gasteiger partial charge in [-0.05, 0) is 60.0 Å². The van der Waals surface area contributed by atoms with Crippen molar-refractivity contribution in [2.24, 2.45) is 5.92 Å². The number of aromatic nitrogens is 1. The van der Waals surface area contributed by atoms with Crippen LogP contribution in [0.5, 0.6) is 11.5 Å². The van der Waals surface area contributed by atoms with Crippen LogP contribution in [0.4, 0.5) is 0 Å². The van der Waals surface area contributed by atoms with Crippen LogP contribution >= 0.6 is 0 Å². The number of carbonyl (C=O) groups is 2. The second-order valence-electron chi connectivity index (χ2n) is 8.76. The van der Waals surface area contributed by atoms with Gasteiger partial charge in [0.2, 0.25) is 0 Å². The number of methoxy groups -OCH3 is 1. The van der Waals surface area contributed by atoms with Crippen molar-refractivity contribution >= 4 is 17.4 Å². The highest BCUT2D eigenvalue weighted by molar-refractivity contribution is 6.46. The van der Waals surface area contributed by atoms with Gasteiger partial charge >= 0.3 is 0 Å². The zero-order valence-electron chi connectivity index (χ0n) is 20.0. The summed E-state index contributed by atoms with van der Waals surface area (Å²) in [6.45, 7) is 4.84. The van der Waals surface area contributed by atoms with Gasteiger partial charge in [0.25, 0.3) is 11.7 Å². The first-order chi connectivity index (χ1) is 16.9. The molecular weight excluding hydrogens is 444 g/mol. The highest BCUT2D eigenvalue weighted by atomic mass is 16.5. The Kier molecular flexibility index (Phi) is 7.15.